The molecule has 9 rings (SSSR count). The first-order chi connectivity index (χ1) is 14.2. The Labute approximate surface area is 180 Å². The van der Waals surface area contributed by atoms with Crippen LogP contribution in [0.5, 0.6) is 0 Å². The zero-order chi connectivity index (χ0) is 20.7. The summed E-state index contributed by atoms with van der Waals surface area (Å²) in [6.45, 7) is 9.69. The van der Waals surface area contributed by atoms with Crippen molar-refractivity contribution in [1.82, 2.24) is 0 Å². The van der Waals surface area contributed by atoms with E-state index in [1.165, 1.54) is 12.8 Å². The standard InChI is InChI=1S/C28H36O2/c1-27(2)13-9-19-15(21(27)11-13)5-7-17-23(19)26(30)24-18(25(17)29)8-6-16-20(24)10-14-12-22(16)28(14,3)4/h5-6,13-14,17-24H,7-12H2,1-4H3/t13-,14-,17-,18-,19-,20+,21+,22+,23+,24-/m1/s1. The highest BCUT2D eigenvalue weighted by Gasteiger charge is 2.65. The number of allylic oxidation sites excluding steroid dienone is 4. The molecule has 7 saturated carbocycles. The smallest absolute Gasteiger partial charge is 0.141 e. The van der Waals surface area contributed by atoms with Crippen molar-refractivity contribution in [2.45, 2.75) is 66.2 Å². The summed E-state index contributed by atoms with van der Waals surface area (Å²) in [5.41, 5.74) is 3.94. The van der Waals surface area contributed by atoms with Crippen LogP contribution >= 0.6 is 0 Å². The van der Waals surface area contributed by atoms with Gasteiger partial charge in [0.25, 0.3) is 0 Å². The van der Waals surface area contributed by atoms with E-state index in [1.54, 1.807) is 11.1 Å². The summed E-state index contributed by atoms with van der Waals surface area (Å²) in [5.74, 6) is 4.50. The number of fused-ring (bicyclic) bond motifs is 2. The van der Waals surface area contributed by atoms with E-state index in [9.17, 15) is 9.59 Å². The number of rotatable bonds is 0. The molecule has 0 saturated heterocycles. The largest absolute Gasteiger partial charge is 0.299 e. The Balaban J connectivity index is 1.26. The molecule has 0 spiro atoms. The zero-order valence-electron chi connectivity index (χ0n) is 19.0. The van der Waals surface area contributed by atoms with Crippen LogP contribution < -0.4 is 0 Å². The normalized spacial score (nSPS) is 53.6. The lowest BCUT2D eigenvalue weighted by Gasteiger charge is -2.65. The van der Waals surface area contributed by atoms with Crippen molar-refractivity contribution in [3.8, 4) is 0 Å². The van der Waals surface area contributed by atoms with Crippen molar-refractivity contribution in [2.75, 3.05) is 0 Å². The van der Waals surface area contributed by atoms with Gasteiger partial charge in [-0.3, -0.25) is 9.59 Å². The summed E-state index contributed by atoms with van der Waals surface area (Å²) >= 11 is 0. The minimum absolute atomic E-state index is 0.00534. The third-order valence-electron chi connectivity index (χ3n) is 12.0. The van der Waals surface area contributed by atoms with Crippen LogP contribution in [0.25, 0.3) is 0 Å². The van der Waals surface area contributed by atoms with E-state index < -0.39 is 0 Å². The second-order valence-electron chi connectivity index (χ2n) is 13.2. The third kappa shape index (κ3) is 1.91. The fourth-order valence-electron chi connectivity index (χ4n) is 9.92. The Kier molecular flexibility index (Phi) is 3.32. The van der Waals surface area contributed by atoms with Crippen molar-refractivity contribution >= 4 is 11.6 Å². The van der Waals surface area contributed by atoms with Crippen LogP contribution in [0.15, 0.2) is 23.3 Å². The Hall–Kier alpha value is -1.18. The van der Waals surface area contributed by atoms with E-state index in [4.69, 9.17) is 0 Å². The first-order valence-electron chi connectivity index (χ1n) is 12.7. The average molecular weight is 405 g/mol. The van der Waals surface area contributed by atoms with Crippen molar-refractivity contribution in [1.29, 1.82) is 0 Å². The number of ketones is 2. The van der Waals surface area contributed by atoms with Crippen LogP contribution in [0.1, 0.15) is 66.2 Å². The summed E-state index contributed by atoms with van der Waals surface area (Å²) < 4.78 is 0. The molecule has 0 aliphatic heterocycles. The summed E-state index contributed by atoms with van der Waals surface area (Å²) in [7, 11) is 0. The lowest BCUT2D eigenvalue weighted by atomic mass is 9.39. The van der Waals surface area contributed by atoms with E-state index in [1.807, 2.05) is 0 Å². The highest BCUT2D eigenvalue weighted by atomic mass is 16.1. The molecule has 2 nitrogen and oxygen atoms in total. The molecule has 0 unspecified atom stereocenters. The van der Waals surface area contributed by atoms with Crippen LogP contribution in [0.3, 0.4) is 0 Å². The molecule has 0 aromatic rings. The maximum absolute atomic E-state index is 14.2. The maximum atomic E-state index is 14.2. The van der Waals surface area contributed by atoms with Crippen LogP contribution in [-0.2, 0) is 9.59 Å². The van der Waals surface area contributed by atoms with Gasteiger partial charge < -0.3 is 0 Å². The molecule has 0 aromatic carbocycles. The molecule has 0 aromatic heterocycles. The lowest BCUT2D eigenvalue weighted by molar-refractivity contribution is -0.159. The molecule has 10 atom stereocenters. The highest BCUT2D eigenvalue weighted by Crippen LogP contribution is 2.69. The minimum atomic E-state index is -0.0161. The van der Waals surface area contributed by atoms with Crippen molar-refractivity contribution in [3.05, 3.63) is 23.3 Å². The van der Waals surface area contributed by atoms with Crippen LogP contribution in [0, 0.1) is 70.0 Å². The van der Waals surface area contributed by atoms with Gasteiger partial charge >= 0.3 is 0 Å². The number of carbonyl (C=O) groups is 2. The molecule has 0 heterocycles. The monoisotopic (exact) mass is 404 g/mol. The number of hydrogen-bond donors (Lipinski definition) is 0. The Bertz CT molecular complexity index is 860. The van der Waals surface area contributed by atoms with Crippen molar-refractivity contribution in [2.24, 2.45) is 70.0 Å². The second kappa shape index (κ2) is 5.41. The van der Waals surface area contributed by atoms with Crippen molar-refractivity contribution in [3.63, 3.8) is 0 Å². The zero-order valence-corrected chi connectivity index (χ0v) is 19.0. The molecule has 0 N–H and O–H groups in total. The topological polar surface area (TPSA) is 34.1 Å². The maximum Gasteiger partial charge on any atom is 0.141 e. The molecule has 9 aliphatic rings. The lowest BCUT2D eigenvalue weighted by Crippen LogP contribution is -2.62. The average Bonchev–Trinajstić information content (AvgIpc) is 2.74. The summed E-state index contributed by atoms with van der Waals surface area (Å²) in [4.78, 5) is 27.9. The predicted octanol–water partition coefficient (Wildman–Crippen LogP) is 5.63. The number of carbonyl (C=O) groups excluding carboxylic acids is 2. The van der Waals surface area contributed by atoms with Gasteiger partial charge in [0.05, 0.1) is 0 Å². The van der Waals surface area contributed by atoms with E-state index in [2.05, 4.69) is 39.8 Å². The van der Waals surface area contributed by atoms with E-state index in [-0.39, 0.29) is 23.7 Å². The van der Waals surface area contributed by atoms with Crippen LogP contribution in [0.4, 0.5) is 0 Å². The van der Waals surface area contributed by atoms with E-state index >= 15 is 0 Å². The Morgan fingerprint density at radius 2 is 1.07 bits per heavy atom. The molecular formula is C28H36O2. The van der Waals surface area contributed by atoms with Crippen molar-refractivity contribution < 1.29 is 9.59 Å². The van der Waals surface area contributed by atoms with Gasteiger partial charge in [-0.15, -0.1) is 0 Å². The van der Waals surface area contributed by atoms with Crippen LogP contribution in [-0.4, -0.2) is 11.6 Å². The molecule has 0 amide bonds. The summed E-state index contributed by atoms with van der Waals surface area (Å²) in [6, 6.07) is 0. The van der Waals surface area contributed by atoms with Gasteiger partial charge in [0.1, 0.15) is 11.6 Å². The number of hydrogen-bond acceptors (Lipinski definition) is 2. The van der Waals surface area contributed by atoms with Gasteiger partial charge in [-0.1, -0.05) is 51.0 Å². The molecule has 30 heavy (non-hydrogen) atoms. The van der Waals surface area contributed by atoms with Gasteiger partial charge in [-0.05, 0) is 84.9 Å². The molecular weight excluding hydrogens is 368 g/mol. The predicted molar refractivity (Wildman–Crippen MR) is 116 cm³/mol. The second-order valence-corrected chi connectivity index (χ2v) is 13.2. The molecule has 7 fully saturated rings. The SMILES string of the molecule is CC1(C)[C@@H]2C[C@@H]3C(=CC[C@H]4C(=O)[C@@H]5CC=C6[C@H](C[C@@H]7C[C@@H]6C7(C)C)[C@@H]5C(=O)[C@H]34)[C@@H]1C2. The molecule has 0 radical (unpaired) electrons. The molecule has 2 heteroatoms. The quantitative estimate of drug-likeness (QED) is 0.491. The number of Topliss-reactive ketones (excluding diaryl/α,β-unsaturated/α-hetero) is 2. The Morgan fingerprint density at radius 3 is 1.47 bits per heavy atom. The third-order valence-corrected chi connectivity index (χ3v) is 12.0. The van der Waals surface area contributed by atoms with E-state index in [0.717, 1.165) is 37.5 Å². The molecule has 160 valence electrons. The highest BCUT2D eigenvalue weighted by molar-refractivity contribution is 6.01. The van der Waals surface area contributed by atoms with Gasteiger partial charge in [-0.25, -0.2) is 0 Å². The van der Waals surface area contributed by atoms with Crippen LogP contribution in [0.2, 0.25) is 0 Å². The summed E-state index contributed by atoms with van der Waals surface area (Å²) in [6.07, 6.45) is 11.4. The fourth-order valence-corrected chi connectivity index (χ4v) is 9.92. The van der Waals surface area contributed by atoms with Gasteiger partial charge in [0.2, 0.25) is 0 Å². The first kappa shape index (κ1) is 18.4. The fraction of sp³-hybridized carbons (Fsp3) is 0.786. The molecule has 9 aliphatic carbocycles. The van der Waals surface area contributed by atoms with Gasteiger partial charge in [0.15, 0.2) is 0 Å². The first-order valence-corrected chi connectivity index (χ1v) is 12.7. The minimum Gasteiger partial charge on any atom is -0.299 e. The molecule has 4 bridgehead atoms. The van der Waals surface area contributed by atoms with E-state index in [0.29, 0.717) is 46.1 Å². The van der Waals surface area contributed by atoms with Gasteiger partial charge in [0, 0.05) is 23.7 Å². The Morgan fingerprint density at radius 1 is 0.633 bits per heavy atom. The van der Waals surface area contributed by atoms with Gasteiger partial charge in [-0.2, -0.15) is 0 Å². The summed E-state index contributed by atoms with van der Waals surface area (Å²) in [5, 5.41) is 0.